The minimum Gasteiger partial charge on any atom is -0.496 e. The monoisotopic (exact) mass is 373 g/mol. The van der Waals surface area contributed by atoms with E-state index < -0.39 is 0 Å². The third-order valence-electron chi connectivity index (χ3n) is 4.35. The van der Waals surface area contributed by atoms with E-state index in [0.29, 0.717) is 12.5 Å². The van der Waals surface area contributed by atoms with Crippen LogP contribution in [0, 0.1) is 0 Å². The molecule has 0 fully saturated rings. The number of H-pyrrole nitrogens is 1. The van der Waals surface area contributed by atoms with E-state index in [4.69, 9.17) is 4.74 Å². The molecule has 0 unspecified atom stereocenters. The van der Waals surface area contributed by atoms with Crippen LogP contribution in [0.2, 0.25) is 0 Å². The van der Waals surface area contributed by atoms with Crippen molar-refractivity contribution in [1.29, 1.82) is 0 Å². The standard InChI is InChI=1S/C20H31N5O2/c1-5-6-11-21-20(24-14-18(26)25(2)3)22-12-10-15-13-23-16-8-7-9-17(27-4)19(15)16/h7-9,13,23H,5-6,10-12,14H2,1-4H3,(H2,21,22,24). The Bertz CT molecular complexity index is 767. The maximum absolute atomic E-state index is 11.8. The van der Waals surface area contributed by atoms with Gasteiger partial charge < -0.3 is 25.3 Å². The van der Waals surface area contributed by atoms with Gasteiger partial charge >= 0.3 is 0 Å². The van der Waals surface area contributed by atoms with E-state index >= 15 is 0 Å². The fraction of sp³-hybridized carbons (Fsp3) is 0.500. The molecule has 7 nitrogen and oxygen atoms in total. The first-order valence-electron chi connectivity index (χ1n) is 9.42. The molecule has 2 aromatic rings. The number of guanidine groups is 1. The molecule has 27 heavy (non-hydrogen) atoms. The number of carbonyl (C=O) groups excluding carboxylic acids is 1. The molecule has 0 aliphatic heterocycles. The SMILES string of the molecule is CCCCNC(=NCC(=O)N(C)C)NCCc1c[nH]c2cccc(OC)c12. The lowest BCUT2D eigenvalue weighted by atomic mass is 10.1. The van der Waals surface area contributed by atoms with E-state index in [9.17, 15) is 4.79 Å². The van der Waals surface area contributed by atoms with Crippen molar-refractivity contribution in [3.8, 4) is 5.75 Å². The van der Waals surface area contributed by atoms with Gasteiger partial charge in [0.2, 0.25) is 5.91 Å². The molecule has 0 aliphatic carbocycles. The Kier molecular flexibility index (Phi) is 7.98. The molecular weight excluding hydrogens is 342 g/mol. The molecule has 1 amide bonds. The summed E-state index contributed by atoms with van der Waals surface area (Å²) in [6.07, 6.45) is 5.00. The molecule has 0 radical (unpaired) electrons. The van der Waals surface area contributed by atoms with E-state index in [0.717, 1.165) is 42.5 Å². The van der Waals surface area contributed by atoms with Crippen molar-refractivity contribution in [2.24, 2.45) is 4.99 Å². The molecule has 3 N–H and O–H groups in total. The summed E-state index contributed by atoms with van der Waals surface area (Å²) in [5.41, 5.74) is 2.25. The maximum Gasteiger partial charge on any atom is 0.243 e. The van der Waals surface area contributed by atoms with E-state index in [1.54, 1.807) is 26.1 Å². The zero-order valence-electron chi connectivity index (χ0n) is 16.8. The lowest BCUT2D eigenvalue weighted by Crippen LogP contribution is -2.39. The Balaban J connectivity index is 2.00. The summed E-state index contributed by atoms with van der Waals surface area (Å²) in [6.45, 7) is 3.82. The molecule has 2 rings (SSSR count). The number of benzene rings is 1. The number of ether oxygens (including phenoxy) is 1. The lowest BCUT2D eigenvalue weighted by molar-refractivity contribution is -0.127. The summed E-state index contributed by atoms with van der Waals surface area (Å²) in [4.78, 5) is 21.0. The van der Waals surface area contributed by atoms with Gasteiger partial charge in [0.1, 0.15) is 12.3 Å². The predicted molar refractivity (Wildman–Crippen MR) is 110 cm³/mol. The molecule has 7 heteroatoms. The zero-order valence-corrected chi connectivity index (χ0v) is 16.8. The molecule has 0 atom stereocenters. The number of amides is 1. The second-order valence-electron chi connectivity index (χ2n) is 6.61. The van der Waals surface area contributed by atoms with Crippen molar-refractivity contribution >= 4 is 22.8 Å². The number of carbonyl (C=O) groups is 1. The molecule has 1 aromatic heterocycles. The van der Waals surface area contributed by atoms with Gasteiger partial charge in [0.25, 0.3) is 0 Å². The third kappa shape index (κ3) is 5.91. The van der Waals surface area contributed by atoms with Gasteiger partial charge in [-0.05, 0) is 30.5 Å². The number of likely N-dealkylation sites (N-methyl/N-ethyl adjacent to an activating group) is 1. The van der Waals surface area contributed by atoms with Crippen LogP contribution in [0.1, 0.15) is 25.3 Å². The van der Waals surface area contributed by atoms with Crippen LogP contribution in [0.15, 0.2) is 29.4 Å². The first-order valence-corrected chi connectivity index (χ1v) is 9.42. The quantitative estimate of drug-likeness (QED) is 0.357. The Morgan fingerprint density at radius 3 is 2.74 bits per heavy atom. The number of aromatic amines is 1. The Morgan fingerprint density at radius 2 is 2.04 bits per heavy atom. The minimum atomic E-state index is -0.0204. The molecule has 1 heterocycles. The molecule has 0 saturated heterocycles. The van der Waals surface area contributed by atoms with E-state index in [2.05, 4.69) is 27.5 Å². The second kappa shape index (κ2) is 10.4. The average molecular weight is 374 g/mol. The summed E-state index contributed by atoms with van der Waals surface area (Å²) in [5, 5.41) is 7.73. The minimum absolute atomic E-state index is 0.0204. The van der Waals surface area contributed by atoms with Gasteiger partial charge in [0, 0.05) is 44.3 Å². The fourth-order valence-electron chi connectivity index (χ4n) is 2.75. The number of hydrogen-bond donors (Lipinski definition) is 3. The number of fused-ring (bicyclic) bond motifs is 1. The van der Waals surface area contributed by atoms with Crippen LogP contribution >= 0.6 is 0 Å². The molecule has 0 spiro atoms. The first kappa shape index (κ1) is 20.6. The molecule has 0 bridgehead atoms. The molecule has 148 valence electrons. The van der Waals surface area contributed by atoms with E-state index in [-0.39, 0.29) is 12.5 Å². The fourth-order valence-corrected chi connectivity index (χ4v) is 2.75. The van der Waals surface area contributed by atoms with Crippen LogP contribution in [0.25, 0.3) is 10.9 Å². The Hall–Kier alpha value is -2.70. The Morgan fingerprint density at radius 1 is 1.26 bits per heavy atom. The molecule has 0 aliphatic rings. The van der Waals surface area contributed by atoms with Gasteiger partial charge in [-0.15, -0.1) is 0 Å². The number of aliphatic imine (C=N–C) groups is 1. The van der Waals surface area contributed by atoms with Gasteiger partial charge in [-0.25, -0.2) is 4.99 Å². The van der Waals surface area contributed by atoms with Crippen LogP contribution in [0.4, 0.5) is 0 Å². The number of rotatable bonds is 9. The number of aromatic nitrogens is 1. The maximum atomic E-state index is 11.8. The van der Waals surface area contributed by atoms with E-state index in [1.165, 1.54) is 5.56 Å². The van der Waals surface area contributed by atoms with Crippen molar-refractivity contribution in [2.45, 2.75) is 26.2 Å². The highest BCUT2D eigenvalue weighted by Gasteiger charge is 2.09. The summed E-state index contributed by atoms with van der Waals surface area (Å²) in [5.74, 6) is 1.52. The van der Waals surface area contributed by atoms with Crippen molar-refractivity contribution < 1.29 is 9.53 Å². The number of methoxy groups -OCH3 is 1. The smallest absolute Gasteiger partial charge is 0.243 e. The normalized spacial score (nSPS) is 11.5. The number of nitrogens with zero attached hydrogens (tertiary/aromatic N) is 2. The summed E-state index contributed by atoms with van der Waals surface area (Å²) in [6, 6.07) is 5.99. The summed E-state index contributed by atoms with van der Waals surface area (Å²) >= 11 is 0. The summed E-state index contributed by atoms with van der Waals surface area (Å²) < 4.78 is 5.49. The lowest BCUT2D eigenvalue weighted by Gasteiger charge is -2.13. The number of hydrogen-bond acceptors (Lipinski definition) is 3. The largest absolute Gasteiger partial charge is 0.496 e. The van der Waals surface area contributed by atoms with Crippen LogP contribution in [0.5, 0.6) is 5.75 Å². The first-order chi connectivity index (χ1) is 13.1. The van der Waals surface area contributed by atoms with Gasteiger partial charge in [-0.1, -0.05) is 19.4 Å². The second-order valence-corrected chi connectivity index (χ2v) is 6.61. The van der Waals surface area contributed by atoms with Crippen LogP contribution in [0.3, 0.4) is 0 Å². The van der Waals surface area contributed by atoms with Gasteiger partial charge in [-0.3, -0.25) is 4.79 Å². The van der Waals surface area contributed by atoms with Crippen LogP contribution in [-0.4, -0.2) is 62.6 Å². The highest BCUT2D eigenvalue weighted by atomic mass is 16.5. The average Bonchev–Trinajstić information content (AvgIpc) is 3.08. The van der Waals surface area contributed by atoms with Gasteiger partial charge in [0.05, 0.1) is 7.11 Å². The van der Waals surface area contributed by atoms with Gasteiger partial charge in [-0.2, -0.15) is 0 Å². The van der Waals surface area contributed by atoms with Crippen LogP contribution in [-0.2, 0) is 11.2 Å². The topological polar surface area (TPSA) is 81.8 Å². The van der Waals surface area contributed by atoms with E-state index in [1.807, 2.05) is 24.4 Å². The van der Waals surface area contributed by atoms with Gasteiger partial charge in [0.15, 0.2) is 5.96 Å². The van der Waals surface area contributed by atoms with Crippen molar-refractivity contribution in [3.05, 3.63) is 30.0 Å². The number of unbranched alkanes of at least 4 members (excludes halogenated alkanes) is 1. The number of nitrogens with one attached hydrogen (secondary N) is 3. The zero-order chi connectivity index (χ0) is 19.6. The molecular formula is C20H31N5O2. The summed E-state index contributed by atoms with van der Waals surface area (Å²) in [7, 11) is 5.16. The third-order valence-corrected chi connectivity index (χ3v) is 4.35. The van der Waals surface area contributed by atoms with Crippen molar-refractivity contribution in [3.63, 3.8) is 0 Å². The highest BCUT2D eigenvalue weighted by molar-refractivity contribution is 5.89. The van der Waals surface area contributed by atoms with Crippen molar-refractivity contribution in [1.82, 2.24) is 20.5 Å². The Labute approximate surface area is 161 Å². The predicted octanol–water partition coefficient (Wildman–Crippen LogP) is 2.14. The van der Waals surface area contributed by atoms with Crippen LogP contribution < -0.4 is 15.4 Å². The highest BCUT2D eigenvalue weighted by Crippen LogP contribution is 2.28. The van der Waals surface area contributed by atoms with Crippen molar-refractivity contribution in [2.75, 3.05) is 40.8 Å². The molecule has 1 aromatic carbocycles. The molecule has 0 saturated carbocycles.